The lowest BCUT2D eigenvalue weighted by atomic mass is 9.88. The largest absolute Gasteiger partial charge is 0.359 e. The number of rotatable bonds is 4. The van der Waals surface area contributed by atoms with Gasteiger partial charge in [-0.05, 0) is 67.9 Å². The van der Waals surface area contributed by atoms with E-state index in [-0.39, 0.29) is 0 Å². The Balaban J connectivity index is 1.54. The van der Waals surface area contributed by atoms with E-state index >= 15 is 0 Å². The summed E-state index contributed by atoms with van der Waals surface area (Å²) in [6.45, 7) is 1.77. The standard InChI is InChI=1S/C18H27N3/c1-21(11-16-8-12-5-6-13(16)7-12)18-15(10-19)9-14-3-2-4-17(14)20-18/h9,12-13,16H,2-8,10-11,19H2,1H3. The van der Waals surface area contributed by atoms with E-state index in [9.17, 15) is 0 Å². The van der Waals surface area contributed by atoms with Gasteiger partial charge in [0.05, 0.1) is 0 Å². The number of aryl methyl sites for hydroxylation is 2. The Labute approximate surface area is 127 Å². The molecule has 2 N–H and O–H groups in total. The van der Waals surface area contributed by atoms with Gasteiger partial charge in [-0.1, -0.05) is 6.42 Å². The molecule has 2 saturated carbocycles. The van der Waals surface area contributed by atoms with Gasteiger partial charge in [0.1, 0.15) is 5.82 Å². The lowest BCUT2D eigenvalue weighted by Crippen LogP contribution is -2.30. The molecule has 0 radical (unpaired) electrons. The van der Waals surface area contributed by atoms with Gasteiger partial charge in [-0.15, -0.1) is 0 Å². The number of nitrogens with two attached hydrogens (primary N) is 1. The normalized spacial score (nSPS) is 29.9. The van der Waals surface area contributed by atoms with Crippen molar-refractivity contribution in [2.45, 2.75) is 51.5 Å². The Morgan fingerprint density at radius 3 is 2.90 bits per heavy atom. The van der Waals surface area contributed by atoms with E-state index in [1.54, 1.807) is 0 Å². The molecule has 1 aromatic rings. The highest BCUT2D eigenvalue weighted by molar-refractivity contribution is 5.50. The van der Waals surface area contributed by atoms with Crippen molar-refractivity contribution in [2.75, 3.05) is 18.5 Å². The average molecular weight is 285 g/mol. The van der Waals surface area contributed by atoms with Crippen molar-refractivity contribution in [2.24, 2.45) is 23.5 Å². The molecular formula is C18H27N3. The molecule has 2 fully saturated rings. The molecule has 3 atom stereocenters. The molecule has 3 aliphatic rings. The first-order valence-electron chi connectivity index (χ1n) is 8.67. The van der Waals surface area contributed by atoms with E-state index < -0.39 is 0 Å². The van der Waals surface area contributed by atoms with Gasteiger partial charge in [0.2, 0.25) is 0 Å². The SMILES string of the molecule is CN(CC1CC2CCC1C2)c1nc2c(cc1CN)CCC2. The van der Waals surface area contributed by atoms with Crippen LogP contribution in [0.3, 0.4) is 0 Å². The van der Waals surface area contributed by atoms with Crippen LogP contribution in [0.15, 0.2) is 6.07 Å². The van der Waals surface area contributed by atoms with Crippen LogP contribution in [0.25, 0.3) is 0 Å². The second-order valence-electron chi connectivity index (χ2n) is 7.45. The fourth-order valence-corrected chi connectivity index (χ4v) is 5.03. The van der Waals surface area contributed by atoms with Gasteiger partial charge in [0.25, 0.3) is 0 Å². The molecule has 2 bridgehead atoms. The summed E-state index contributed by atoms with van der Waals surface area (Å²) in [6.07, 6.45) is 9.46. The summed E-state index contributed by atoms with van der Waals surface area (Å²) in [5.41, 5.74) is 9.98. The highest BCUT2D eigenvalue weighted by Crippen LogP contribution is 2.48. The van der Waals surface area contributed by atoms with E-state index in [1.807, 2.05) is 0 Å². The van der Waals surface area contributed by atoms with Gasteiger partial charge in [-0.2, -0.15) is 0 Å². The quantitative estimate of drug-likeness (QED) is 0.925. The van der Waals surface area contributed by atoms with Gasteiger partial charge in [0.15, 0.2) is 0 Å². The van der Waals surface area contributed by atoms with Crippen molar-refractivity contribution in [3.8, 4) is 0 Å². The fraction of sp³-hybridized carbons (Fsp3) is 0.722. The van der Waals surface area contributed by atoms with Crippen LogP contribution in [0.1, 0.15) is 48.9 Å². The summed E-state index contributed by atoms with van der Waals surface area (Å²) >= 11 is 0. The van der Waals surface area contributed by atoms with E-state index in [2.05, 4.69) is 18.0 Å². The monoisotopic (exact) mass is 285 g/mol. The Morgan fingerprint density at radius 2 is 2.19 bits per heavy atom. The highest BCUT2D eigenvalue weighted by atomic mass is 15.2. The lowest BCUT2D eigenvalue weighted by molar-refractivity contribution is 0.337. The van der Waals surface area contributed by atoms with Crippen molar-refractivity contribution in [3.05, 3.63) is 22.9 Å². The molecule has 114 valence electrons. The van der Waals surface area contributed by atoms with Crippen molar-refractivity contribution < 1.29 is 0 Å². The van der Waals surface area contributed by atoms with E-state index in [0.29, 0.717) is 6.54 Å². The summed E-state index contributed by atoms with van der Waals surface area (Å²) < 4.78 is 0. The number of fused-ring (bicyclic) bond motifs is 3. The first kappa shape index (κ1) is 13.6. The average Bonchev–Trinajstić information content (AvgIpc) is 3.21. The molecule has 4 rings (SSSR count). The predicted molar refractivity (Wildman–Crippen MR) is 86.4 cm³/mol. The minimum absolute atomic E-state index is 0.608. The van der Waals surface area contributed by atoms with Crippen LogP contribution in [-0.2, 0) is 19.4 Å². The maximum atomic E-state index is 5.98. The van der Waals surface area contributed by atoms with Crippen LogP contribution in [0.2, 0.25) is 0 Å². The smallest absolute Gasteiger partial charge is 0.133 e. The second kappa shape index (κ2) is 5.28. The van der Waals surface area contributed by atoms with Gasteiger partial charge in [-0.3, -0.25) is 0 Å². The lowest BCUT2D eigenvalue weighted by Gasteiger charge is -2.29. The number of aromatic nitrogens is 1. The zero-order valence-corrected chi connectivity index (χ0v) is 13.1. The number of anilines is 1. The highest BCUT2D eigenvalue weighted by Gasteiger charge is 2.39. The molecule has 3 unspecified atom stereocenters. The first-order valence-corrected chi connectivity index (χ1v) is 8.67. The molecule has 1 heterocycles. The Hall–Kier alpha value is -1.09. The van der Waals surface area contributed by atoms with Gasteiger partial charge in [-0.25, -0.2) is 4.98 Å². The third-order valence-corrected chi connectivity index (χ3v) is 6.08. The molecule has 21 heavy (non-hydrogen) atoms. The minimum atomic E-state index is 0.608. The van der Waals surface area contributed by atoms with Crippen LogP contribution in [0, 0.1) is 17.8 Å². The molecule has 3 heteroatoms. The third-order valence-electron chi connectivity index (χ3n) is 6.08. The number of hydrogen-bond donors (Lipinski definition) is 1. The maximum Gasteiger partial charge on any atom is 0.133 e. The van der Waals surface area contributed by atoms with Crippen molar-refractivity contribution in [1.29, 1.82) is 0 Å². The molecule has 0 aliphatic heterocycles. The minimum Gasteiger partial charge on any atom is -0.359 e. The van der Waals surface area contributed by atoms with Crippen LogP contribution in [0.5, 0.6) is 0 Å². The van der Waals surface area contributed by atoms with Crippen LogP contribution < -0.4 is 10.6 Å². The van der Waals surface area contributed by atoms with Crippen molar-refractivity contribution in [1.82, 2.24) is 4.98 Å². The first-order chi connectivity index (χ1) is 10.2. The van der Waals surface area contributed by atoms with E-state index in [0.717, 1.165) is 30.0 Å². The molecule has 1 aromatic heterocycles. The van der Waals surface area contributed by atoms with Gasteiger partial charge >= 0.3 is 0 Å². The maximum absolute atomic E-state index is 5.98. The molecular weight excluding hydrogens is 258 g/mol. The second-order valence-corrected chi connectivity index (χ2v) is 7.45. The Kier molecular flexibility index (Phi) is 3.41. The summed E-state index contributed by atoms with van der Waals surface area (Å²) in [5, 5.41) is 0. The van der Waals surface area contributed by atoms with Crippen LogP contribution in [-0.4, -0.2) is 18.6 Å². The summed E-state index contributed by atoms with van der Waals surface area (Å²) in [7, 11) is 2.22. The molecule has 3 nitrogen and oxygen atoms in total. The van der Waals surface area contributed by atoms with Crippen LogP contribution in [0.4, 0.5) is 5.82 Å². The number of hydrogen-bond acceptors (Lipinski definition) is 3. The predicted octanol–water partition coefficient (Wildman–Crippen LogP) is 2.90. The Bertz CT molecular complexity index is 540. The molecule has 0 spiro atoms. The third kappa shape index (κ3) is 2.36. The summed E-state index contributed by atoms with van der Waals surface area (Å²) in [6, 6.07) is 2.32. The van der Waals surface area contributed by atoms with Crippen molar-refractivity contribution >= 4 is 5.82 Å². The molecule has 0 amide bonds. The summed E-state index contributed by atoms with van der Waals surface area (Å²) in [5.74, 6) is 4.04. The molecule has 0 aromatic carbocycles. The number of pyridine rings is 1. The zero-order valence-electron chi connectivity index (χ0n) is 13.1. The fourth-order valence-electron chi connectivity index (χ4n) is 5.03. The van der Waals surface area contributed by atoms with E-state index in [1.165, 1.54) is 61.9 Å². The zero-order chi connectivity index (χ0) is 14.4. The summed E-state index contributed by atoms with van der Waals surface area (Å²) in [4.78, 5) is 7.37. The van der Waals surface area contributed by atoms with Crippen LogP contribution >= 0.6 is 0 Å². The van der Waals surface area contributed by atoms with Gasteiger partial charge < -0.3 is 10.6 Å². The van der Waals surface area contributed by atoms with E-state index in [4.69, 9.17) is 10.7 Å². The molecule has 0 saturated heterocycles. The van der Waals surface area contributed by atoms with Gasteiger partial charge in [0, 0.05) is 31.4 Å². The Morgan fingerprint density at radius 1 is 1.29 bits per heavy atom. The topological polar surface area (TPSA) is 42.2 Å². The number of nitrogens with zero attached hydrogens (tertiary/aromatic N) is 2. The molecule has 3 aliphatic carbocycles. The van der Waals surface area contributed by atoms with Crippen molar-refractivity contribution in [3.63, 3.8) is 0 Å².